The van der Waals surface area contributed by atoms with E-state index in [1.165, 1.54) is 0 Å². The Balaban J connectivity index is 2.16. The van der Waals surface area contributed by atoms with E-state index >= 15 is 0 Å². The monoisotopic (exact) mass is 369 g/mol. The lowest BCUT2D eigenvalue weighted by Crippen LogP contribution is -2.06. The van der Waals surface area contributed by atoms with Crippen LogP contribution in [0.4, 0.5) is 0 Å². The number of halogens is 2. The molecule has 0 unspecified atom stereocenters. The Labute approximate surface area is 138 Å². The Morgan fingerprint density at radius 1 is 1.19 bits per heavy atom. The fourth-order valence-corrected chi connectivity index (χ4v) is 2.61. The smallest absolute Gasteiger partial charge is 0.161 e. The van der Waals surface area contributed by atoms with Crippen LogP contribution in [0, 0.1) is 0 Å². The van der Waals surface area contributed by atoms with Crippen molar-refractivity contribution < 1.29 is 9.47 Å². The predicted molar refractivity (Wildman–Crippen MR) is 89.1 cm³/mol. The molecule has 0 radical (unpaired) electrons. The first kappa shape index (κ1) is 16.1. The number of ether oxygens (including phenoxy) is 2. The molecule has 0 aliphatic carbocycles. The maximum Gasteiger partial charge on any atom is 0.161 e. The van der Waals surface area contributed by atoms with E-state index in [1.807, 2.05) is 43.3 Å². The van der Waals surface area contributed by atoms with Crippen LogP contribution in [0.1, 0.15) is 24.1 Å². The second-order valence-corrected chi connectivity index (χ2v) is 6.05. The lowest BCUT2D eigenvalue weighted by Gasteiger charge is -2.14. The second-order valence-electron chi connectivity index (χ2n) is 4.72. The van der Waals surface area contributed by atoms with Gasteiger partial charge in [-0.1, -0.05) is 39.7 Å². The highest BCUT2D eigenvalue weighted by atomic mass is 79.9. The molecular weight excluding hydrogens is 354 g/mol. The molecule has 2 N–H and O–H groups in total. The number of hydrogen-bond donors (Lipinski definition) is 1. The second kappa shape index (κ2) is 7.16. The SMILES string of the molecule is COc1cc([C@@H](C)N)ccc1OCc1ccc(Br)cc1Cl. The van der Waals surface area contributed by atoms with Crippen molar-refractivity contribution in [2.45, 2.75) is 19.6 Å². The molecule has 0 bridgehead atoms. The molecule has 0 saturated carbocycles. The summed E-state index contributed by atoms with van der Waals surface area (Å²) < 4.78 is 12.1. The highest BCUT2D eigenvalue weighted by molar-refractivity contribution is 9.10. The molecule has 0 fully saturated rings. The lowest BCUT2D eigenvalue weighted by atomic mass is 10.1. The summed E-state index contributed by atoms with van der Waals surface area (Å²) in [5.41, 5.74) is 7.78. The van der Waals surface area contributed by atoms with Crippen LogP contribution in [0.2, 0.25) is 5.02 Å². The predicted octanol–water partition coefficient (Wildman–Crippen LogP) is 4.71. The minimum atomic E-state index is -0.0473. The number of benzene rings is 2. The van der Waals surface area contributed by atoms with Gasteiger partial charge in [0.15, 0.2) is 11.5 Å². The van der Waals surface area contributed by atoms with Crippen LogP contribution >= 0.6 is 27.5 Å². The third-order valence-corrected chi connectivity index (χ3v) is 3.96. The summed E-state index contributed by atoms with van der Waals surface area (Å²) in [5.74, 6) is 1.33. The van der Waals surface area contributed by atoms with Gasteiger partial charge in [0.25, 0.3) is 0 Å². The average Bonchev–Trinajstić information content (AvgIpc) is 2.46. The molecule has 0 aliphatic heterocycles. The summed E-state index contributed by atoms with van der Waals surface area (Å²) in [4.78, 5) is 0. The molecule has 0 heterocycles. The van der Waals surface area contributed by atoms with E-state index in [-0.39, 0.29) is 6.04 Å². The quantitative estimate of drug-likeness (QED) is 0.829. The maximum atomic E-state index is 6.18. The standard InChI is InChI=1S/C16H17BrClNO2/c1-10(19)11-4-6-15(16(7-11)20-2)21-9-12-3-5-13(17)8-14(12)18/h3-8,10H,9,19H2,1-2H3/t10-/m1/s1. The molecule has 112 valence electrons. The number of hydrogen-bond acceptors (Lipinski definition) is 3. The van der Waals surface area contributed by atoms with E-state index in [4.69, 9.17) is 26.8 Å². The molecule has 0 spiro atoms. The van der Waals surface area contributed by atoms with E-state index in [0.717, 1.165) is 15.6 Å². The highest BCUT2D eigenvalue weighted by Crippen LogP contribution is 2.31. The van der Waals surface area contributed by atoms with E-state index < -0.39 is 0 Å². The van der Waals surface area contributed by atoms with Gasteiger partial charge in [-0.15, -0.1) is 0 Å². The van der Waals surface area contributed by atoms with Gasteiger partial charge in [0, 0.05) is 21.1 Å². The first-order valence-electron chi connectivity index (χ1n) is 6.51. The topological polar surface area (TPSA) is 44.5 Å². The zero-order valence-electron chi connectivity index (χ0n) is 11.9. The highest BCUT2D eigenvalue weighted by Gasteiger charge is 2.09. The minimum Gasteiger partial charge on any atom is -0.493 e. The van der Waals surface area contributed by atoms with Crippen LogP contribution < -0.4 is 15.2 Å². The summed E-state index contributed by atoms with van der Waals surface area (Å²) in [6, 6.07) is 11.3. The van der Waals surface area contributed by atoms with Crippen molar-refractivity contribution >= 4 is 27.5 Å². The Kier molecular flexibility index (Phi) is 5.51. The van der Waals surface area contributed by atoms with Crippen molar-refractivity contribution in [3.05, 3.63) is 57.0 Å². The Bertz CT molecular complexity index is 632. The van der Waals surface area contributed by atoms with E-state index in [2.05, 4.69) is 15.9 Å². The first-order valence-corrected chi connectivity index (χ1v) is 7.68. The van der Waals surface area contributed by atoms with Crippen LogP contribution in [-0.4, -0.2) is 7.11 Å². The Morgan fingerprint density at radius 3 is 2.57 bits per heavy atom. The van der Waals surface area contributed by atoms with Crippen LogP contribution in [0.25, 0.3) is 0 Å². The van der Waals surface area contributed by atoms with Crippen molar-refractivity contribution in [2.75, 3.05) is 7.11 Å². The number of rotatable bonds is 5. The normalized spacial score (nSPS) is 12.0. The van der Waals surface area contributed by atoms with Crippen LogP contribution in [-0.2, 0) is 6.61 Å². The molecule has 0 aliphatic rings. The fourth-order valence-electron chi connectivity index (χ4n) is 1.88. The molecule has 1 atom stereocenters. The van der Waals surface area contributed by atoms with Gasteiger partial charge < -0.3 is 15.2 Å². The summed E-state index contributed by atoms with van der Waals surface area (Å²) in [6.07, 6.45) is 0. The summed E-state index contributed by atoms with van der Waals surface area (Å²) in [7, 11) is 1.61. The molecule has 0 amide bonds. The number of methoxy groups -OCH3 is 1. The molecule has 3 nitrogen and oxygen atoms in total. The van der Waals surface area contributed by atoms with Crippen molar-refractivity contribution in [1.82, 2.24) is 0 Å². The van der Waals surface area contributed by atoms with Crippen LogP contribution in [0.5, 0.6) is 11.5 Å². The molecule has 21 heavy (non-hydrogen) atoms. The largest absolute Gasteiger partial charge is 0.493 e. The van der Waals surface area contributed by atoms with Gasteiger partial charge in [0.05, 0.1) is 7.11 Å². The van der Waals surface area contributed by atoms with Crippen molar-refractivity contribution in [3.8, 4) is 11.5 Å². The molecule has 2 aromatic carbocycles. The van der Waals surface area contributed by atoms with Crippen molar-refractivity contribution in [1.29, 1.82) is 0 Å². The Morgan fingerprint density at radius 2 is 1.95 bits per heavy atom. The van der Waals surface area contributed by atoms with Gasteiger partial charge in [-0.25, -0.2) is 0 Å². The lowest BCUT2D eigenvalue weighted by molar-refractivity contribution is 0.284. The molecular formula is C16H17BrClNO2. The van der Waals surface area contributed by atoms with Crippen molar-refractivity contribution in [2.24, 2.45) is 5.73 Å². The first-order chi connectivity index (χ1) is 10.0. The molecule has 2 aromatic rings. The van der Waals surface area contributed by atoms with E-state index in [1.54, 1.807) is 7.11 Å². The Hall–Kier alpha value is -1.23. The van der Waals surface area contributed by atoms with Gasteiger partial charge in [0.2, 0.25) is 0 Å². The maximum absolute atomic E-state index is 6.18. The fraction of sp³-hybridized carbons (Fsp3) is 0.250. The molecule has 0 saturated heterocycles. The zero-order valence-corrected chi connectivity index (χ0v) is 14.2. The zero-order chi connectivity index (χ0) is 15.4. The average molecular weight is 371 g/mol. The van der Waals surface area contributed by atoms with Gasteiger partial charge >= 0.3 is 0 Å². The van der Waals surface area contributed by atoms with Crippen LogP contribution in [0.3, 0.4) is 0 Å². The molecule has 2 rings (SSSR count). The van der Waals surface area contributed by atoms with Gasteiger partial charge in [0.1, 0.15) is 6.61 Å². The van der Waals surface area contributed by atoms with Gasteiger partial charge in [-0.2, -0.15) is 0 Å². The van der Waals surface area contributed by atoms with Gasteiger partial charge in [-0.05, 0) is 36.8 Å². The summed E-state index contributed by atoms with van der Waals surface area (Å²) in [5, 5.41) is 0.663. The molecule has 0 aromatic heterocycles. The minimum absolute atomic E-state index is 0.0473. The van der Waals surface area contributed by atoms with E-state index in [0.29, 0.717) is 23.1 Å². The van der Waals surface area contributed by atoms with Crippen molar-refractivity contribution in [3.63, 3.8) is 0 Å². The van der Waals surface area contributed by atoms with Gasteiger partial charge in [-0.3, -0.25) is 0 Å². The number of nitrogens with two attached hydrogens (primary N) is 1. The third-order valence-electron chi connectivity index (χ3n) is 3.11. The molecule has 5 heteroatoms. The van der Waals surface area contributed by atoms with E-state index in [9.17, 15) is 0 Å². The van der Waals surface area contributed by atoms with Crippen LogP contribution in [0.15, 0.2) is 40.9 Å². The summed E-state index contributed by atoms with van der Waals surface area (Å²) >= 11 is 9.56. The third kappa shape index (κ3) is 4.13. The summed E-state index contributed by atoms with van der Waals surface area (Å²) in [6.45, 7) is 2.30.